The van der Waals surface area contributed by atoms with E-state index in [4.69, 9.17) is 5.41 Å². The molecular formula is C9H18N2. The van der Waals surface area contributed by atoms with Gasteiger partial charge >= 0.3 is 0 Å². The van der Waals surface area contributed by atoms with Crippen molar-refractivity contribution in [1.29, 1.82) is 5.41 Å². The molecule has 1 rings (SSSR count). The Labute approximate surface area is 68.9 Å². The van der Waals surface area contributed by atoms with Gasteiger partial charge < -0.3 is 10.7 Å². The van der Waals surface area contributed by atoms with Gasteiger partial charge in [-0.15, -0.1) is 0 Å². The second-order valence-electron chi connectivity index (χ2n) is 4.61. The van der Waals surface area contributed by atoms with Crippen molar-refractivity contribution in [3.05, 3.63) is 0 Å². The van der Waals surface area contributed by atoms with Crippen molar-refractivity contribution in [3.8, 4) is 0 Å². The Kier molecular flexibility index (Phi) is 1.83. The molecule has 0 radical (unpaired) electrons. The second kappa shape index (κ2) is 2.31. The quantitative estimate of drug-likeness (QED) is 0.549. The molecule has 1 aliphatic rings. The van der Waals surface area contributed by atoms with E-state index < -0.39 is 0 Å². The molecule has 0 amide bonds. The Balaban J connectivity index is 2.75. The Morgan fingerprint density at radius 3 is 2.18 bits per heavy atom. The summed E-state index contributed by atoms with van der Waals surface area (Å²) in [5.74, 6) is 0. The van der Waals surface area contributed by atoms with Crippen molar-refractivity contribution in [3.63, 3.8) is 0 Å². The number of rotatable bonds is 0. The molecule has 1 aliphatic heterocycles. The molecule has 0 spiro atoms. The fourth-order valence-corrected chi connectivity index (χ4v) is 1.73. The van der Waals surface area contributed by atoms with Crippen molar-refractivity contribution < 1.29 is 0 Å². The van der Waals surface area contributed by atoms with Gasteiger partial charge in [-0.25, -0.2) is 0 Å². The first-order valence-corrected chi connectivity index (χ1v) is 4.21. The van der Waals surface area contributed by atoms with Gasteiger partial charge in [0, 0.05) is 11.3 Å². The first kappa shape index (κ1) is 8.72. The normalized spacial score (nSPS) is 28.5. The molecule has 1 fully saturated rings. The predicted molar refractivity (Wildman–Crippen MR) is 48.3 cm³/mol. The molecule has 11 heavy (non-hydrogen) atoms. The Morgan fingerprint density at radius 2 is 1.82 bits per heavy atom. The number of nitrogens with one attached hydrogen (secondary N) is 2. The van der Waals surface area contributed by atoms with Crippen LogP contribution in [0.4, 0.5) is 0 Å². The highest BCUT2D eigenvalue weighted by Crippen LogP contribution is 2.25. The lowest BCUT2D eigenvalue weighted by Gasteiger charge is -2.42. The maximum Gasteiger partial charge on any atom is 0.0508 e. The third-order valence-corrected chi connectivity index (χ3v) is 2.41. The second-order valence-corrected chi connectivity index (χ2v) is 4.61. The van der Waals surface area contributed by atoms with Crippen LogP contribution in [-0.2, 0) is 0 Å². The van der Waals surface area contributed by atoms with E-state index in [-0.39, 0.29) is 11.1 Å². The highest BCUT2D eigenvalue weighted by atomic mass is 15.1. The minimum Gasteiger partial charge on any atom is -0.308 e. The zero-order valence-electron chi connectivity index (χ0n) is 7.91. The summed E-state index contributed by atoms with van der Waals surface area (Å²) < 4.78 is 0. The average molecular weight is 154 g/mol. The van der Waals surface area contributed by atoms with E-state index in [0.717, 1.165) is 18.6 Å². The Morgan fingerprint density at radius 1 is 1.27 bits per heavy atom. The molecule has 0 atom stereocenters. The summed E-state index contributed by atoms with van der Waals surface area (Å²) in [4.78, 5) is 0. The van der Waals surface area contributed by atoms with E-state index in [9.17, 15) is 0 Å². The molecule has 2 nitrogen and oxygen atoms in total. The smallest absolute Gasteiger partial charge is 0.0508 e. The molecular weight excluding hydrogens is 136 g/mol. The van der Waals surface area contributed by atoms with Crippen LogP contribution in [0.2, 0.25) is 0 Å². The van der Waals surface area contributed by atoms with Crippen LogP contribution in [0.5, 0.6) is 0 Å². The zero-order chi connectivity index (χ0) is 8.70. The third kappa shape index (κ3) is 1.80. The zero-order valence-corrected chi connectivity index (χ0v) is 7.91. The maximum atomic E-state index is 7.71. The summed E-state index contributed by atoms with van der Waals surface area (Å²) in [6, 6.07) is 0. The van der Waals surface area contributed by atoms with Crippen LogP contribution in [-0.4, -0.2) is 16.8 Å². The van der Waals surface area contributed by atoms with Crippen molar-refractivity contribution in [1.82, 2.24) is 5.32 Å². The van der Waals surface area contributed by atoms with Gasteiger partial charge in [0.15, 0.2) is 0 Å². The first-order chi connectivity index (χ1) is 4.83. The van der Waals surface area contributed by atoms with Crippen LogP contribution in [0.15, 0.2) is 0 Å². The number of hydrogen-bond donors (Lipinski definition) is 2. The summed E-state index contributed by atoms with van der Waals surface area (Å²) >= 11 is 0. The third-order valence-electron chi connectivity index (χ3n) is 2.41. The van der Waals surface area contributed by atoms with Crippen molar-refractivity contribution in [2.75, 3.05) is 0 Å². The van der Waals surface area contributed by atoms with E-state index in [1.54, 1.807) is 0 Å². The van der Waals surface area contributed by atoms with Crippen LogP contribution >= 0.6 is 0 Å². The summed E-state index contributed by atoms with van der Waals surface area (Å²) in [7, 11) is 0. The lowest BCUT2D eigenvalue weighted by atomic mass is 9.81. The highest BCUT2D eigenvalue weighted by molar-refractivity contribution is 5.91. The van der Waals surface area contributed by atoms with Crippen molar-refractivity contribution >= 4 is 5.71 Å². The van der Waals surface area contributed by atoms with E-state index >= 15 is 0 Å². The molecule has 0 saturated carbocycles. The Hall–Kier alpha value is -0.370. The monoisotopic (exact) mass is 154 g/mol. The van der Waals surface area contributed by atoms with Gasteiger partial charge in [0.1, 0.15) is 0 Å². The van der Waals surface area contributed by atoms with Crippen LogP contribution < -0.4 is 5.32 Å². The number of piperidine rings is 1. The van der Waals surface area contributed by atoms with Crippen LogP contribution in [0.3, 0.4) is 0 Å². The molecule has 0 aromatic heterocycles. The molecule has 0 aliphatic carbocycles. The van der Waals surface area contributed by atoms with E-state index in [2.05, 4.69) is 33.0 Å². The molecule has 2 N–H and O–H groups in total. The summed E-state index contributed by atoms with van der Waals surface area (Å²) in [6.45, 7) is 8.55. The molecule has 0 bridgehead atoms. The maximum absolute atomic E-state index is 7.71. The molecule has 1 saturated heterocycles. The predicted octanol–water partition coefficient (Wildman–Crippen LogP) is 1.95. The lowest BCUT2D eigenvalue weighted by Crippen LogP contribution is -2.60. The highest BCUT2D eigenvalue weighted by Gasteiger charge is 2.35. The first-order valence-electron chi connectivity index (χ1n) is 4.21. The topological polar surface area (TPSA) is 35.9 Å². The molecule has 0 aromatic carbocycles. The van der Waals surface area contributed by atoms with Gasteiger partial charge in [0.2, 0.25) is 0 Å². The minimum absolute atomic E-state index is 0.0955. The average Bonchev–Trinajstić information content (AvgIpc) is 1.77. The Bertz CT molecular complexity index is 180. The van der Waals surface area contributed by atoms with Gasteiger partial charge in [-0.1, -0.05) is 0 Å². The standard InChI is InChI=1S/C9H18N2/c1-8(2)6-5-7(10)9(3,4)11-8/h10-11H,5-6H2,1-4H3. The van der Waals surface area contributed by atoms with E-state index in [0.29, 0.717) is 0 Å². The van der Waals surface area contributed by atoms with Gasteiger partial charge in [-0.2, -0.15) is 0 Å². The molecule has 64 valence electrons. The largest absolute Gasteiger partial charge is 0.308 e. The molecule has 1 heterocycles. The minimum atomic E-state index is -0.0955. The summed E-state index contributed by atoms with van der Waals surface area (Å²) in [5.41, 5.74) is 0.937. The molecule has 0 unspecified atom stereocenters. The lowest BCUT2D eigenvalue weighted by molar-refractivity contribution is 0.276. The summed E-state index contributed by atoms with van der Waals surface area (Å²) in [6.07, 6.45) is 2.02. The van der Waals surface area contributed by atoms with Gasteiger partial charge in [0.25, 0.3) is 0 Å². The van der Waals surface area contributed by atoms with Crippen LogP contribution in [0.25, 0.3) is 0 Å². The van der Waals surface area contributed by atoms with Crippen molar-refractivity contribution in [2.24, 2.45) is 0 Å². The molecule has 0 aromatic rings. The van der Waals surface area contributed by atoms with Gasteiger partial charge in [0.05, 0.1) is 5.54 Å². The fourth-order valence-electron chi connectivity index (χ4n) is 1.73. The number of hydrogen-bond acceptors (Lipinski definition) is 2. The van der Waals surface area contributed by atoms with Crippen LogP contribution in [0, 0.1) is 5.41 Å². The van der Waals surface area contributed by atoms with Crippen molar-refractivity contribution in [2.45, 2.75) is 51.6 Å². The SMILES string of the molecule is CC1(C)CCC(=N)C(C)(C)N1. The molecule has 2 heteroatoms. The van der Waals surface area contributed by atoms with Crippen LogP contribution in [0.1, 0.15) is 40.5 Å². The van der Waals surface area contributed by atoms with E-state index in [1.807, 2.05) is 0 Å². The fraction of sp³-hybridized carbons (Fsp3) is 0.889. The summed E-state index contributed by atoms with van der Waals surface area (Å²) in [5, 5.41) is 11.2. The van der Waals surface area contributed by atoms with Gasteiger partial charge in [-0.3, -0.25) is 0 Å². The van der Waals surface area contributed by atoms with Gasteiger partial charge in [-0.05, 0) is 40.5 Å². The van der Waals surface area contributed by atoms with E-state index in [1.165, 1.54) is 0 Å².